The van der Waals surface area contributed by atoms with E-state index in [-0.39, 0.29) is 5.82 Å². The van der Waals surface area contributed by atoms with Crippen LogP contribution < -0.4 is 24.8 Å². The zero-order chi connectivity index (χ0) is 21.1. The largest absolute Gasteiger partial charge is 0.493 e. The van der Waals surface area contributed by atoms with Crippen molar-refractivity contribution < 1.29 is 18.6 Å². The molecule has 0 fully saturated rings. The Morgan fingerprint density at radius 1 is 0.897 bits per heavy atom. The molecular weight excluding hydrogens is 373 g/mol. The molecule has 0 spiro atoms. The van der Waals surface area contributed by atoms with Crippen LogP contribution in [0.3, 0.4) is 0 Å². The van der Waals surface area contributed by atoms with Gasteiger partial charge in [0.1, 0.15) is 5.82 Å². The fourth-order valence-corrected chi connectivity index (χ4v) is 2.97. The molecule has 0 saturated carbocycles. The molecule has 0 atom stereocenters. The molecule has 0 radical (unpaired) electrons. The smallest absolute Gasteiger partial charge is 0.203 e. The highest BCUT2D eigenvalue weighted by Gasteiger charge is 2.15. The van der Waals surface area contributed by atoms with Gasteiger partial charge >= 0.3 is 0 Å². The summed E-state index contributed by atoms with van der Waals surface area (Å²) in [7, 11) is 4.81. The molecule has 29 heavy (non-hydrogen) atoms. The van der Waals surface area contributed by atoms with Crippen molar-refractivity contribution in [2.45, 2.75) is 19.8 Å². The number of rotatable bonds is 10. The Labute approximate surface area is 172 Å². The highest BCUT2D eigenvalue weighted by atomic mass is 19.1. The Hall–Kier alpha value is -2.96. The van der Waals surface area contributed by atoms with Gasteiger partial charge in [-0.25, -0.2) is 4.39 Å². The Bertz CT molecular complexity index is 795. The van der Waals surface area contributed by atoms with E-state index in [1.54, 1.807) is 33.5 Å². The molecule has 0 aliphatic rings. The van der Waals surface area contributed by atoms with E-state index < -0.39 is 0 Å². The summed E-state index contributed by atoms with van der Waals surface area (Å²) in [6.07, 6.45) is 1.48. The maximum absolute atomic E-state index is 13.0. The number of ether oxygens (including phenoxy) is 3. The first-order chi connectivity index (χ1) is 14.1. The fourth-order valence-electron chi connectivity index (χ4n) is 2.97. The van der Waals surface area contributed by atoms with Gasteiger partial charge in [-0.3, -0.25) is 4.99 Å². The molecule has 0 bridgehead atoms. The second-order valence-corrected chi connectivity index (χ2v) is 6.31. The van der Waals surface area contributed by atoms with Crippen LogP contribution in [0.5, 0.6) is 17.2 Å². The zero-order valence-electron chi connectivity index (χ0n) is 17.5. The third-order valence-electron chi connectivity index (χ3n) is 4.40. The summed E-state index contributed by atoms with van der Waals surface area (Å²) in [5, 5.41) is 6.55. The summed E-state index contributed by atoms with van der Waals surface area (Å²) >= 11 is 0. The predicted octanol–water partition coefficient (Wildman–Crippen LogP) is 3.19. The number of halogens is 1. The Kier molecular flexibility index (Phi) is 9.08. The molecule has 2 N–H and O–H groups in total. The lowest BCUT2D eigenvalue weighted by atomic mass is 10.1. The van der Waals surface area contributed by atoms with E-state index in [9.17, 15) is 4.39 Å². The van der Waals surface area contributed by atoms with E-state index in [0.717, 1.165) is 30.1 Å². The quantitative estimate of drug-likeness (QED) is 0.471. The van der Waals surface area contributed by atoms with Crippen LogP contribution in [0.4, 0.5) is 4.39 Å². The van der Waals surface area contributed by atoms with Crippen molar-refractivity contribution >= 4 is 5.96 Å². The lowest BCUT2D eigenvalue weighted by molar-refractivity contribution is 0.322. The van der Waals surface area contributed by atoms with Gasteiger partial charge < -0.3 is 24.8 Å². The predicted molar refractivity (Wildman–Crippen MR) is 114 cm³/mol. The Morgan fingerprint density at radius 3 is 2.24 bits per heavy atom. The van der Waals surface area contributed by atoms with Gasteiger partial charge in [-0.15, -0.1) is 0 Å². The van der Waals surface area contributed by atoms with Crippen molar-refractivity contribution in [3.05, 3.63) is 53.3 Å². The molecule has 0 saturated heterocycles. The number of nitrogens with one attached hydrogen (secondary N) is 2. The van der Waals surface area contributed by atoms with Crippen LogP contribution in [0, 0.1) is 5.82 Å². The van der Waals surface area contributed by atoms with E-state index in [1.165, 1.54) is 12.1 Å². The summed E-state index contributed by atoms with van der Waals surface area (Å²) in [6.45, 7) is 4.07. The molecule has 2 rings (SSSR count). The number of methoxy groups -OCH3 is 3. The molecule has 0 unspecified atom stereocenters. The average Bonchev–Trinajstić information content (AvgIpc) is 2.74. The topological polar surface area (TPSA) is 64.1 Å². The van der Waals surface area contributed by atoms with E-state index in [1.807, 2.05) is 19.1 Å². The third kappa shape index (κ3) is 6.55. The van der Waals surface area contributed by atoms with Crippen LogP contribution in [0.15, 0.2) is 41.4 Å². The van der Waals surface area contributed by atoms with E-state index in [0.29, 0.717) is 36.8 Å². The van der Waals surface area contributed by atoms with E-state index in [2.05, 4.69) is 15.6 Å². The van der Waals surface area contributed by atoms with Crippen molar-refractivity contribution in [3.63, 3.8) is 0 Å². The highest BCUT2D eigenvalue weighted by molar-refractivity contribution is 5.79. The minimum atomic E-state index is -0.220. The third-order valence-corrected chi connectivity index (χ3v) is 4.40. The first-order valence-electron chi connectivity index (χ1n) is 9.67. The van der Waals surface area contributed by atoms with Crippen LogP contribution in [-0.2, 0) is 12.8 Å². The summed E-state index contributed by atoms with van der Waals surface area (Å²) in [5.74, 6) is 2.40. The molecule has 6 nitrogen and oxygen atoms in total. The monoisotopic (exact) mass is 403 g/mol. The average molecular weight is 403 g/mol. The maximum Gasteiger partial charge on any atom is 0.203 e. The summed E-state index contributed by atoms with van der Waals surface area (Å²) < 4.78 is 29.3. The van der Waals surface area contributed by atoms with Gasteiger partial charge in [-0.05, 0) is 43.5 Å². The number of benzene rings is 2. The second kappa shape index (κ2) is 11.8. The Balaban J connectivity index is 1.97. The van der Waals surface area contributed by atoms with Gasteiger partial charge in [0.15, 0.2) is 17.5 Å². The minimum absolute atomic E-state index is 0.220. The molecule has 7 heteroatoms. The van der Waals surface area contributed by atoms with Crippen LogP contribution in [0.25, 0.3) is 0 Å². The first-order valence-corrected chi connectivity index (χ1v) is 9.67. The lowest BCUT2D eigenvalue weighted by Crippen LogP contribution is -2.38. The van der Waals surface area contributed by atoms with Gasteiger partial charge in [-0.1, -0.05) is 18.2 Å². The molecule has 2 aromatic carbocycles. The zero-order valence-corrected chi connectivity index (χ0v) is 17.5. The van der Waals surface area contributed by atoms with Crippen molar-refractivity contribution in [3.8, 4) is 17.2 Å². The van der Waals surface area contributed by atoms with Gasteiger partial charge in [0.25, 0.3) is 0 Å². The standard InChI is InChI=1S/C22H30FN3O3/c1-5-24-22(25-14-12-16-6-9-18(23)10-7-16)26-15-13-17-8-11-19(27-2)21(29-4)20(17)28-3/h6-11H,5,12-15H2,1-4H3,(H2,24,25,26). The van der Waals surface area contributed by atoms with E-state index >= 15 is 0 Å². The molecule has 0 amide bonds. The van der Waals surface area contributed by atoms with Gasteiger partial charge in [0.2, 0.25) is 5.75 Å². The minimum Gasteiger partial charge on any atom is -0.493 e. The fraction of sp³-hybridized carbons (Fsp3) is 0.409. The Morgan fingerprint density at radius 2 is 1.62 bits per heavy atom. The molecule has 2 aromatic rings. The van der Waals surface area contributed by atoms with Crippen molar-refractivity contribution in [2.24, 2.45) is 4.99 Å². The number of hydrogen-bond acceptors (Lipinski definition) is 4. The van der Waals surface area contributed by atoms with Crippen LogP contribution in [0.2, 0.25) is 0 Å². The maximum atomic E-state index is 13.0. The molecule has 158 valence electrons. The first kappa shape index (κ1) is 22.3. The van der Waals surface area contributed by atoms with Gasteiger partial charge in [-0.2, -0.15) is 0 Å². The highest BCUT2D eigenvalue weighted by Crippen LogP contribution is 2.39. The van der Waals surface area contributed by atoms with Crippen molar-refractivity contribution in [1.82, 2.24) is 10.6 Å². The number of guanidine groups is 1. The number of hydrogen-bond donors (Lipinski definition) is 2. The van der Waals surface area contributed by atoms with Crippen molar-refractivity contribution in [2.75, 3.05) is 41.0 Å². The summed E-state index contributed by atoms with van der Waals surface area (Å²) in [4.78, 5) is 4.63. The van der Waals surface area contributed by atoms with Gasteiger partial charge in [0, 0.05) is 25.2 Å². The number of nitrogens with zero attached hydrogens (tertiary/aromatic N) is 1. The van der Waals surface area contributed by atoms with E-state index in [4.69, 9.17) is 14.2 Å². The van der Waals surface area contributed by atoms with Crippen LogP contribution in [0.1, 0.15) is 18.1 Å². The van der Waals surface area contributed by atoms with Crippen molar-refractivity contribution in [1.29, 1.82) is 0 Å². The van der Waals surface area contributed by atoms with Gasteiger partial charge in [0.05, 0.1) is 21.3 Å². The number of aliphatic imine (C=N–C) groups is 1. The SMILES string of the molecule is CCNC(=NCCc1ccc(OC)c(OC)c1OC)NCCc1ccc(F)cc1. The van der Waals surface area contributed by atoms with Crippen LogP contribution in [-0.4, -0.2) is 46.9 Å². The molecule has 0 heterocycles. The second-order valence-electron chi connectivity index (χ2n) is 6.31. The summed E-state index contributed by atoms with van der Waals surface area (Å²) in [6, 6.07) is 10.4. The normalized spacial score (nSPS) is 11.1. The van der Waals surface area contributed by atoms with Crippen LogP contribution >= 0.6 is 0 Å². The molecule has 0 aliphatic carbocycles. The lowest BCUT2D eigenvalue weighted by Gasteiger charge is -2.15. The molecular formula is C22H30FN3O3. The summed E-state index contributed by atoms with van der Waals surface area (Å²) in [5.41, 5.74) is 2.07. The molecule has 0 aromatic heterocycles. The molecule has 0 aliphatic heterocycles.